The summed E-state index contributed by atoms with van der Waals surface area (Å²) in [6.07, 6.45) is 4.31. The second-order valence-corrected chi connectivity index (χ2v) is 5.38. The summed E-state index contributed by atoms with van der Waals surface area (Å²) in [5, 5.41) is 12.5. The van der Waals surface area contributed by atoms with Gasteiger partial charge in [0.15, 0.2) is 0 Å². The number of allylic oxidation sites excluding steroid dienone is 3. The Morgan fingerprint density at radius 1 is 1.17 bits per heavy atom. The third-order valence-electron chi connectivity index (χ3n) is 3.55. The molecule has 1 aliphatic carbocycles. The van der Waals surface area contributed by atoms with Gasteiger partial charge in [-0.3, -0.25) is 0 Å². The Morgan fingerprint density at radius 2 is 1.78 bits per heavy atom. The van der Waals surface area contributed by atoms with Gasteiger partial charge in [0.05, 0.1) is 0 Å². The minimum Gasteiger partial charge on any atom is -0.872 e. The van der Waals surface area contributed by atoms with E-state index >= 15 is 0 Å². The second-order valence-electron chi connectivity index (χ2n) is 5.38. The normalized spacial score (nSPS) is 20.7. The van der Waals surface area contributed by atoms with Crippen molar-refractivity contribution in [3.8, 4) is 0 Å². The fraction of sp³-hybridized carbons (Fsp3) is 0.375. The van der Waals surface area contributed by atoms with Crippen LogP contribution in [0, 0.1) is 5.41 Å². The molecule has 90 valence electrons. The number of benzene rings is 1. The molecule has 2 rings (SSSR count). The summed E-state index contributed by atoms with van der Waals surface area (Å²) in [7, 11) is 0. The van der Waals surface area contributed by atoms with Crippen LogP contribution in [-0.4, -0.2) is 0 Å². The van der Waals surface area contributed by atoms with E-state index in [1.54, 1.807) is 0 Å². The maximum atomic E-state index is 12.5. The quantitative estimate of drug-likeness (QED) is 0.513. The molecule has 0 atom stereocenters. The minimum atomic E-state index is -0.00818. The van der Waals surface area contributed by atoms with Crippen LogP contribution in [-0.2, 0) is 0 Å². The standard InChI is InChI=1S/C16H20O.Li/c1-12-8-7-11-16(2,3)14(12)15(17)13-9-5-4-6-10-13;/h4-6,8-10,17H,7,11H2,1-3H3;/q;+1/p-1/b15-14-;. The first kappa shape index (κ1) is 15.2. The Kier molecular flexibility index (Phi) is 4.90. The van der Waals surface area contributed by atoms with Crippen LogP contribution in [0.25, 0.3) is 5.76 Å². The van der Waals surface area contributed by atoms with Gasteiger partial charge >= 0.3 is 18.9 Å². The molecule has 0 spiro atoms. The predicted molar refractivity (Wildman–Crippen MR) is 70.1 cm³/mol. The molecule has 0 bridgehead atoms. The topological polar surface area (TPSA) is 23.1 Å². The van der Waals surface area contributed by atoms with Crippen LogP contribution in [0.3, 0.4) is 0 Å². The fourth-order valence-electron chi connectivity index (χ4n) is 2.63. The van der Waals surface area contributed by atoms with Gasteiger partial charge in [0.1, 0.15) is 0 Å². The molecule has 1 aromatic rings. The molecule has 1 aliphatic rings. The van der Waals surface area contributed by atoms with Crippen LogP contribution in [0.15, 0.2) is 47.6 Å². The molecular weight excluding hydrogens is 215 g/mol. The van der Waals surface area contributed by atoms with Crippen molar-refractivity contribution in [1.29, 1.82) is 0 Å². The summed E-state index contributed by atoms with van der Waals surface area (Å²) >= 11 is 0. The van der Waals surface area contributed by atoms with E-state index in [1.165, 1.54) is 0 Å². The second kappa shape index (κ2) is 5.83. The van der Waals surface area contributed by atoms with Gasteiger partial charge in [-0.1, -0.05) is 61.6 Å². The SMILES string of the molecule is CC1=CCCC(C)(C)/C1=C(\[O-])c1ccccc1.[Li+]. The van der Waals surface area contributed by atoms with E-state index < -0.39 is 0 Å². The fourth-order valence-corrected chi connectivity index (χ4v) is 2.63. The molecule has 1 nitrogen and oxygen atoms in total. The monoisotopic (exact) mass is 234 g/mol. The van der Waals surface area contributed by atoms with Crippen molar-refractivity contribution in [2.75, 3.05) is 0 Å². The third-order valence-corrected chi connectivity index (χ3v) is 3.55. The van der Waals surface area contributed by atoms with Crippen LogP contribution in [0.2, 0.25) is 0 Å². The first-order valence-electron chi connectivity index (χ1n) is 6.17. The minimum absolute atomic E-state index is 0. The largest absolute Gasteiger partial charge is 1.00 e. The van der Waals surface area contributed by atoms with E-state index in [9.17, 15) is 5.11 Å². The average Bonchev–Trinajstić information content (AvgIpc) is 2.28. The van der Waals surface area contributed by atoms with Crippen LogP contribution >= 0.6 is 0 Å². The molecular formula is C16H19LiO. The van der Waals surface area contributed by atoms with Crippen molar-refractivity contribution in [2.45, 2.75) is 33.6 Å². The predicted octanol–water partition coefficient (Wildman–Crippen LogP) is 0.528. The van der Waals surface area contributed by atoms with Gasteiger partial charge in [0.2, 0.25) is 0 Å². The summed E-state index contributed by atoms with van der Waals surface area (Å²) in [5.74, 6) is 0.184. The van der Waals surface area contributed by atoms with Crippen molar-refractivity contribution < 1.29 is 24.0 Å². The Hall–Kier alpha value is -0.903. The van der Waals surface area contributed by atoms with Crippen molar-refractivity contribution in [3.05, 3.63) is 53.1 Å². The maximum absolute atomic E-state index is 12.5. The molecule has 0 saturated carbocycles. The molecule has 18 heavy (non-hydrogen) atoms. The first-order chi connectivity index (χ1) is 8.02. The van der Waals surface area contributed by atoms with E-state index in [-0.39, 0.29) is 30.0 Å². The summed E-state index contributed by atoms with van der Waals surface area (Å²) in [5.41, 5.74) is 2.92. The zero-order valence-corrected chi connectivity index (χ0v) is 11.8. The van der Waals surface area contributed by atoms with Crippen molar-refractivity contribution in [1.82, 2.24) is 0 Å². The van der Waals surface area contributed by atoms with Crippen LogP contribution in [0.1, 0.15) is 39.2 Å². The Morgan fingerprint density at radius 3 is 2.33 bits per heavy atom. The van der Waals surface area contributed by atoms with Gasteiger partial charge in [0, 0.05) is 0 Å². The molecule has 0 aromatic heterocycles. The average molecular weight is 234 g/mol. The van der Waals surface area contributed by atoms with Gasteiger partial charge in [-0.25, -0.2) is 0 Å². The smallest absolute Gasteiger partial charge is 0.872 e. The van der Waals surface area contributed by atoms with E-state index in [0.717, 1.165) is 29.6 Å². The van der Waals surface area contributed by atoms with Crippen LogP contribution in [0.4, 0.5) is 0 Å². The number of hydrogen-bond donors (Lipinski definition) is 0. The van der Waals surface area contributed by atoms with E-state index in [4.69, 9.17) is 0 Å². The van der Waals surface area contributed by atoms with Crippen molar-refractivity contribution in [3.63, 3.8) is 0 Å². The molecule has 0 fully saturated rings. The Labute approximate surface area is 122 Å². The van der Waals surface area contributed by atoms with Gasteiger partial charge in [0.25, 0.3) is 0 Å². The van der Waals surface area contributed by atoms with E-state index in [2.05, 4.69) is 26.8 Å². The summed E-state index contributed by atoms with van der Waals surface area (Å²) in [6, 6.07) is 9.57. The Bertz CT molecular complexity index is 469. The molecule has 0 unspecified atom stereocenters. The molecule has 0 N–H and O–H groups in total. The van der Waals surface area contributed by atoms with Crippen molar-refractivity contribution >= 4 is 5.76 Å². The van der Waals surface area contributed by atoms with E-state index in [0.29, 0.717) is 0 Å². The van der Waals surface area contributed by atoms with Gasteiger partial charge in [-0.2, -0.15) is 0 Å². The molecule has 2 heteroatoms. The molecule has 0 aliphatic heterocycles. The van der Waals surface area contributed by atoms with Crippen LogP contribution < -0.4 is 24.0 Å². The molecule has 1 aromatic carbocycles. The van der Waals surface area contributed by atoms with E-state index in [1.807, 2.05) is 30.3 Å². The van der Waals surface area contributed by atoms with Crippen LogP contribution in [0.5, 0.6) is 0 Å². The maximum Gasteiger partial charge on any atom is 1.00 e. The van der Waals surface area contributed by atoms with Gasteiger partial charge < -0.3 is 5.11 Å². The summed E-state index contributed by atoms with van der Waals surface area (Å²) in [4.78, 5) is 0. The molecule has 0 amide bonds. The number of hydrogen-bond acceptors (Lipinski definition) is 1. The van der Waals surface area contributed by atoms with Gasteiger partial charge in [-0.15, -0.1) is 0 Å². The third kappa shape index (κ3) is 2.91. The number of rotatable bonds is 1. The molecule has 0 saturated heterocycles. The molecule has 0 radical (unpaired) electrons. The summed E-state index contributed by atoms with van der Waals surface area (Å²) < 4.78 is 0. The summed E-state index contributed by atoms with van der Waals surface area (Å²) in [6.45, 7) is 6.39. The Balaban J connectivity index is 0.00000162. The van der Waals surface area contributed by atoms with Gasteiger partial charge in [-0.05, 0) is 36.3 Å². The zero-order valence-electron chi connectivity index (χ0n) is 11.8. The molecule has 0 heterocycles. The van der Waals surface area contributed by atoms with Crippen molar-refractivity contribution in [2.24, 2.45) is 5.41 Å². The first-order valence-corrected chi connectivity index (χ1v) is 6.17. The zero-order chi connectivity index (χ0) is 12.5.